The molecule has 0 radical (unpaired) electrons. The maximum atomic E-state index is 12.2. The van der Waals surface area contributed by atoms with Gasteiger partial charge in [0.25, 0.3) is 5.91 Å². The number of nitrogens with zero attached hydrogens (tertiary/aromatic N) is 1. The fourth-order valence-corrected chi connectivity index (χ4v) is 2.63. The molecule has 23 heavy (non-hydrogen) atoms. The quantitative estimate of drug-likeness (QED) is 0.455. The Kier molecular flexibility index (Phi) is 5.97. The van der Waals surface area contributed by atoms with Crippen LogP contribution in [-0.2, 0) is 0 Å². The number of nitrogens with one attached hydrogen (secondary N) is 1. The van der Waals surface area contributed by atoms with Crippen LogP contribution in [0, 0.1) is 3.57 Å². The van der Waals surface area contributed by atoms with Crippen LogP contribution in [0.4, 0.5) is 0 Å². The van der Waals surface area contributed by atoms with Crippen LogP contribution in [0.5, 0.6) is 11.5 Å². The highest BCUT2D eigenvalue weighted by Crippen LogP contribution is 2.25. The predicted octanol–water partition coefficient (Wildman–Crippen LogP) is 3.46. The van der Waals surface area contributed by atoms with Gasteiger partial charge < -0.3 is 9.47 Å². The summed E-state index contributed by atoms with van der Waals surface area (Å²) in [6.07, 6.45) is 0. The van der Waals surface area contributed by atoms with E-state index >= 15 is 0 Å². The first kappa shape index (κ1) is 17.3. The molecule has 0 aliphatic heterocycles. The van der Waals surface area contributed by atoms with Crippen molar-refractivity contribution in [2.24, 2.45) is 5.10 Å². The van der Waals surface area contributed by atoms with Gasteiger partial charge in [-0.25, -0.2) is 5.43 Å². The number of methoxy groups -OCH3 is 2. The number of benzene rings is 2. The normalized spacial score (nSPS) is 11.0. The first-order valence-electron chi connectivity index (χ1n) is 6.88. The molecule has 120 valence electrons. The van der Waals surface area contributed by atoms with Crippen molar-refractivity contribution < 1.29 is 14.3 Å². The highest BCUT2D eigenvalue weighted by Gasteiger charge is 2.11. The summed E-state index contributed by atoms with van der Waals surface area (Å²) in [5.74, 6) is 1.08. The molecule has 2 rings (SSSR count). The smallest absolute Gasteiger partial charge is 0.272 e. The predicted molar refractivity (Wildman–Crippen MR) is 98.4 cm³/mol. The van der Waals surface area contributed by atoms with Crippen LogP contribution in [0.2, 0.25) is 0 Å². The van der Waals surface area contributed by atoms with E-state index < -0.39 is 0 Å². The SMILES string of the molecule is COc1ccc(C(C)=NNC(=O)c2ccccc2I)c(OC)c1. The number of halogens is 1. The lowest BCUT2D eigenvalue weighted by Gasteiger charge is -2.10. The maximum Gasteiger partial charge on any atom is 0.272 e. The molecule has 0 heterocycles. The Hall–Kier alpha value is -2.09. The van der Waals surface area contributed by atoms with Crippen LogP contribution >= 0.6 is 22.6 Å². The van der Waals surface area contributed by atoms with Crippen molar-refractivity contribution in [3.63, 3.8) is 0 Å². The molecule has 0 spiro atoms. The molecule has 0 aliphatic rings. The van der Waals surface area contributed by atoms with Crippen LogP contribution in [0.25, 0.3) is 0 Å². The van der Waals surface area contributed by atoms with E-state index in [1.54, 1.807) is 33.3 Å². The zero-order chi connectivity index (χ0) is 16.8. The average molecular weight is 424 g/mol. The fraction of sp³-hybridized carbons (Fsp3) is 0.176. The second-order valence-electron chi connectivity index (χ2n) is 4.68. The van der Waals surface area contributed by atoms with E-state index in [0.29, 0.717) is 22.8 Å². The zero-order valence-electron chi connectivity index (χ0n) is 13.1. The van der Waals surface area contributed by atoms with Crippen molar-refractivity contribution in [2.45, 2.75) is 6.92 Å². The van der Waals surface area contributed by atoms with E-state index in [1.807, 2.05) is 30.3 Å². The molecule has 0 fully saturated rings. The van der Waals surface area contributed by atoms with Gasteiger partial charge in [0.2, 0.25) is 0 Å². The third-order valence-electron chi connectivity index (χ3n) is 3.24. The molecule has 5 nitrogen and oxygen atoms in total. The Morgan fingerprint density at radius 1 is 1.09 bits per heavy atom. The monoisotopic (exact) mass is 424 g/mol. The van der Waals surface area contributed by atoms with E-state index in [4.69, 9.17) is 9.47 Å². The highest BCUT2D eigenvalue weighted by molar-refractivity contribution is 14.1. The van der Waals surface area contributed by atoms with Crippen LogP contribution < -0.4 is 14.9 Å². The van der Waals surface area contributed by atoms with Crippen molar-refractivity contribution in [1.82, 2.24) is 5.43 Å². The minimum absolute atomic E-state index is 0.248. The second-order valence-corrected chi connectivity index (χ2v) is 5.85. The van der Waals surface area contributed by atoms with Gasteiger partial charge in [0.1, 0.15) is 11.5 Å². The average Bonchev–Trinajstić information content (AvgIpc) is 2.59. The molecule has 0 aliphatic carbocycles. The summed E-state index contributed by atoms with van der Waals surface area (Å²) >= 11 is 2.12. The molecule has 0 atom stereocenters. The van der Waals surface area contributed by atoms with Gasteiger partial charge >= 0.3 is 0 Å². The Morgan fingerprint density at radius 3 is 2.48 bits per heavy atom. The summed E-state index contributed by atoms with van der Waals surface area (Å²) in [6.45, 7) is 1.81. The van der Waals surface area contributed by atoms with Crippen LogP contribution in [0.15, 0.2) is 47.6 Å². The topological polar surface area (TPSA) is 59.9 Å². The van der Waals surface area contributed by atoms with Crippen LogP contribution in [-0.4, -0.2) is 25.8 Å². The first-order chi connectivity index (χ1) is 11.1. The Balaban J connectivity index is 2.20. The van der Waals surface area contributed by atoms with Gasteiger partial charge in [-0.15, -0.1) is 0 Å². The van der Waals surface area contributed by atoms with E-state index in [2.05, 4.69) is 33.1 Å². The molecular weight excluding hydrogens is 407 g/mol. The van der Waals surface area contributed by atoms with Gasteiger partial charge in [-0.1, -0.05) is 12.1 Å². The second kappa shape index (κ2) is 7.96. The van der Waals surface area contributed by atoms with E-state index in [9.17, 15) is 4.79 Å². The molecule has 6 heteroatoms. The highest BCUT2D eigenvalue weighted by atomic mass is 127. The largest absolute Gasteiger partial charge is 0.497 e. The molecule has 1 amide bonds. The number of carbonyl (C=O) groups is 1. The van der Waals surface area contributed by atoms with Gasteiger partial charge in [0.15, 0.2) is 0 Å². The molecule has 0 unspecified atom stereocenters. The summed E-state index contributed by atoms with van der Waals surface area (Å²) < 4.78 is 11.4. The standard InChI is InChI=1S/C17H17IN2O3/c1-11(13-9-8-12(22-2)10-16(13)23-3)19-20-17(21)14-6-4-5-7-15(14)18/h4-10H,1-3H3,(H,20,21). The van der Waals surface area contributed by atoms with Gasteiger partial charge in [-0.3, -0.25) is 4.79 Å². The summed E-state index contributed by atoms with van der Waals surface area (Å²) in [5.41, 5.74) is 4.60. The number of carbonyl (C=O) groups excluding carboxylic acids is 1. The summed E-state index contributed by atoms with van der Waals surface area (Å²) in [6, 6.07) is 12.8. The van der Waals surface area contributed by atoms with Gasteiger partial charge in [0.05, 0.1) is 25.5 Å². The third-order valence-corrected chi connectivity index (χ3v) is 4.18. The maximum absolute atomic E-state index is 12.2. The van der Waals surface area contributed by atoms with Crippen LogP contribution in [0.1, 0.15) is 22.8 Å². The number of ether oxygens (including phenoxy) is 2. The van der Waals surface area contributed by atoms with Crippen molar-refractivity contribution in [2.75, 3.05) is 14.2 Å². The molecule has 2 aromatic carbocycles. The van der Waals surface area contributed by atoms with E-state index in [-0.39, 0.29) is 5.91 Å². The Bertz CT molecular complexity index is 744. The summed E-state index contributed by atoms with van der Waals surface area (Å²) in [4.78, 5) is 12.2. The third kappa shape index (κ3) is 4.22. The van der Waals surface area contributed by atoms with Crippen molar-refractivity contribution in [1.29, 1.82) is 0 Å². The Morgan fingerprint density at radius 2 is 1.83 bits per heavy atom. The molecule has 0 saturated heterocycles. The minimum Gasteiger partial charge on any atom is -0.497 e. The number of hydrogen-bond acceptors (Lipinski definition) is 4. The molecule has 2 aromatic rings. The zero-order valence-corrected chi connectivity index (χ0v) is 15.2. The number of hydrazone groups is 1. The number of rotatable bonds is 5. The van der Waals surface area contributed by atoms with Crippen molar-refractivity contribution >= 4 is 34.2 Å². The van der Waals surface area contributed by atoms with Crippen LogP contribution in [0.3, 0.4) is 0 Å². The summed E-state index contributed by atoms with van der Waals surface area (Å²) in [5, 5.41) is 4.17. The van der Waals surface area contributed by atoms with Crippen molar-refractivity contribution in [3.8, 4) is 11.5 Å². The fourth-order valence-electron chi connectivity index (χ4n) is 2.00. The van der Waals surface area contributed by atoms with Gasteiger partial charge in [0, 0.05) is 15.2 Å². The van der Waals surface area contributed by atoms with Crippen molar-refractivity contribution in [3.05, 3.63) is 57.2 Å². The molecule has 0 saturated carbocycles. The lowest BCUT2D eigenvalue weighted by molar-refractivity contribution is 0.0954. The molecular formula is C17H17IN2O3. The molecule has 1 N–H and O–H groups in total. The Labute approximate surface area is 148 Å². The van der Waals surface area contributed by atoms with Gasteiger partial charge in [-0.2, -0.15) is 5.10 Å². The van der Waals surface area contributed by atoms with E-state index in [1.165, 1.54) is 0 Å². The minimum atomic E-state index is -0.248. The lowest BCUT2D eigenvalue weighted by Crippen LogP contribution is -2.20. The lowest BCUT2D eigenvalue weighted by atomic mass is 10.1. The summed E-state index contributed by atoms with van der Waals surface area (Å²) in [7, 11) is 3.17. The first-order valence-corrected chi connectivity index (χ1v) is 7.96. The van der Waals surface area contributed by atoms with Gasteiger partial charge in [-0.05, 0) is 53.8 Å². The van der Waals surface area contributed by atoms with E-state index in [0.717, 1.165) is 9.13 Å². The number of hydrogen-bond donors (Lipinski definition) is 1. The molecule has 0 aromatic heterocycles. The molecule has 0 bridgehead atoms. The number of amides is 1.